The van der Waals surface area contributed by atoms with Crippen molar-refractivity contribution in [3.63, 3.8) is 0 Å². The average Bonchev–Trinajstić information content (AvgIpc) is 2.31. The zero-order chi connectivity index (χ0) is 12.7. The summed E-state index contributed by atoms with van der Waals surface area (Å²) in [6.07, 6.45) is 0.427. The first-order chi connectivity index (χ1) is 8.15. The maximum atomic E-state index is 11.5. The highest BCUT2D eigenvalue weighted by atomic mass is 16.2. The first-order valence-corrected chi connectivity index (χ1v) is 5.32. The van der Waals surface area contributed by atoms with Crippen molar-refractivity contribution in [3.05, 3.63) is 29.8 Å². The Kier molecular flexibility index (Phi) is 5.05. The normalized spacial score (nSPS) is 9.12. The maximum Gasteiger partial charge on any atom is 0.321 e. The number of nitrogens with one attached hydrogen (secondary N) is 1. The quantitative estimate of drug-likeness (QED) is 0.759. The van der Waals surface area contributed by atoms with Crippen molar-refractivity contribution in [1.82, 2.24) is 4.90 Å². The number of para-hydroxylation sites is 1. The fourth-order valence-corrected chi connectivity index (χ4v) is 1.14. The van der Waals surface area contributed by atoms with Gasteiger partial charge in [-0.1, -0.05) is 24.0 Å². The predicted octanol–water partition coefficient (Wildman–Crippen LogP) is 1.51. The molecule has 2 amide bonds. The average molecular weight is 232 g/mol. The number of carbonyl (C=O) groups is 1. The molecule has 90 valence electrons. The molecule has 0 aliphatic carbocycles. The van der Waals surface area contributed by atoms with Crippen molar-refractivity contribution >= 4 is 11.7 Å². The number of aliphatic hydroxyl groups is 1. The van der Waals surface area contributed by atoms with E-state index in [1.54, 1.807) is 20.2 Å². The third kappa shape index (κ3) is 4.17. The number of hydrogen-bond donors (Lipinski definition) is 2. The zero-order valence-electron chi connectivity index (χ0n) is 10.0. The fourth-order valence-electron chi connectivity index (χ4n) is 1.14. The van der Waals surface area contributed by atoms with E-state index in [1.807, 2.05) is 18.2 Å². The van der Waals surface area contributed by atoms with Gasteiger partial charge in [-0.3, -0.25) is 0 Å². The number of rotatable bonds is 2. The van der Waals surface area contributed by atoms with E-state index in [0.717, 1.165) is 5.56 Å². The molecule has 0 spiro atoms. The van der Waals surface area contributed by atoms with Crippen LogP contribution in [0.25, 0.3) is 0 Å². The van der Waals surface area contributed by atoms with E-state index >= 15 is 0 Å². The minimum atomic E-state index is -0.193. The molecule has 0 fully saturated rings. The van der Waals surface area contributed by atoms with E-state index in [0.29, 0.717) is 12.1 Å². The summed E-state index contributed by atoms with van der Waals surface area (Å²) < 4.78 is 0. The van der Waals surface area contributed by atoms with Crippen molar-refractivity contribution < 1.29 is 9.90 Å². The van der Waals surface area contributed by atoms with Gasteiger partial charge in [0.25, 0.3) is 0 Å². The van der Waals surface area contributed by atoms with Gasteiger partial charge in [-0.2, -0.15) is 0 Å². The standard InChI is InChI=1S/C13H16N2O2/c1-15(2)13(17)14-12-9-4-3-7-11(12)8-5-6-10-16/h3-4,7,9,16H,6,10H2,1-2H3,(H,14,17). The Labute approximate surface area is 101 Å². The van der Waals surface area contributed by atoms with E-state index in [4.69, 9.17) is 5.11 Å². The van der Waals surface area contributed by atoms with Gasteiger partial charge in [-0.15, -0.1) is 0 Å². The molecule has 0 saturated carbocycles. The lowest BCUT2D eigenvalue weighted by atomic mass is 10.2. The second-order valence-electron chi connectivity index (χ2n) is 3.65. The first kappa shape index (κ1) is 13.1. The molecular weight excluding hydrogens is 216 g/mol. The highest BCUT2D eigenvalue weighted by molar-refractivity contribution is 5.90. The summed E-state index contributed by atoms with van der Waals surface area (Å²) in [5.41, 5.74) is 1.42. The minimum absolute atomic E-state index is 0.0409. The van der Waals surface area contributed by atoms with E-state index < -0.39 is 0 Å². The number of amides is 2. The molecule has 4 nitrogen and oxygen atoms in total. The molecule has 0 saturated heterocycles. The number of aliphatic hydroxyl groups excluding tert-OH is 1. The molecule has 2 N–H and O–H groups in total. The fraction of sp³-hybridized carbons (Fsp3) is 0.308. The smallest absolute Gasteiger partial charge is 0.321 e. The molecule has 0 radical (unpaired) electrons. The highest BCUT2D eigenvalue weighted by Crippen LogP contribution is 2.13. The van der Waals surface area contributed by atoms with Crippen LogP contribution in [0.1, 0.15) is 12.0 Å². The van der Waals surface area contributed by atoms with E-state index in [9.17, 15) is 4.79 Å². The number of nitrogens with zero attached hydrogens (tertiary/aromatic N) is 1. The summed E-state index contributed by atoms with van der Waals surface area (Å²) >= 11 is 0. The molecule has 0 atom stereocenters. The summed E-state index contributed by atoms with van der Waals surface area (Å²) in [6, 6.07) is 7.12. The van der Waals surface area contributed by atoms with Crippen LogP contribution < -0.4 is 5.32 Å². The molecule has 17 heavy (non-hydrogen) atoms. The minimum Gasteiger partial charge on any atom is -0.395 e. The third-order valence-corrected chi connectivity index (χ3v) is 2.03. The number of benzene rings is 1. The summed E-state index contributed by atoms with van der Waals surface area (Å²) in [6.45, 7) is 0.0409. The van der Waals surface area contributed by atoms with Crippen molar-refractivity contribution in [1.29, 1.82) is 0 Å². The lowest BCUT2D eigenvalue weighted by Crippen LogP contribution is -2.27. The van der Waals surface area contributed by atoms with Crippen LogP contribution in [-0.2, 0) is 0 Å². The van der Waals surface area contributed by atoms with Crippen molar-refractivity contribution in [2.75, 3.05) is 26.0 Å². The largest absolute Gasteiger partial charge is 0.395 e. The summed E-state index contributed by atoms with van der Waals surface area (Å²) in [7, 11) is 3.35. The van der Waals surface area contributed by atoms with Crippen molar-refractivity contribution in [3.8, 4) is 11.8 Å². The van der Waals surface area contributed by atoms with Crippen LogP contribution in [0, 0.1) is 11.8 Å². The Bertz CT molecular complexity index is 444. The lowest BCUT2D eigenvalue weighted by Gasteiger charge is -2.12. The highest BCUT2D eigenvalue weighted by Gasteiger charge is 2.05. The van der Waals surface area contributed by atoms with Gasteiger partial charge in [0.1, 0.15) is 0 Å². The molecule has 4 heteroatoms. The third-order valence-electron chi connectivity index (χ3n) is 2.03. The Morgan fingerprint density at radius 3 is 2.76 bits per heavy atom. The Balaban J connectivity index is 2.86. The van der Waals surface area contributed by atoms with Gasteiger partial charge >= 0.3 is 6.03 Å². The second-order valence-corrected chi connectivity index (χ2v) is 3.65. The van der Waals surface area contributed by atoms with Crippen molar-refractivity contribution in [2.45, 2.75) is 6.42 Å². The van der Waals surface area contributed by atoms with Crippen molar-refractivity contribution in [2.24, 2.45) is 0 Å². The van der Waals surface area contributed by atoms with Gasteiger partial charge in [0, 0.05) is 26.1 Å². The molecule has 0 aliphatic rings. The second kappa shape index (κ2) is 6.56. The van der Waals surface area contributed by atoms with Crippen LogP contribution in [-0.4, -0.2) is 36.7 Å². The number of hydrogen-bond acceptors (Lipinski definition) is 2. The lowest BCUT2D eigenvalue weighted by molar-refractivity contribution is 0.230. The molecule has 0 bridgehead atoms. The van der Waals surface area contributed by atoms with E-state index in [-0.39, 0.29) is 12.6 Å². The molecule has 0 aliphatic heterocycles. The Hall–Kier alpha value is -1.99. The SMILES string of the molecule is CN(C)C(=O)Nc1ccccc1C#CCCO. The zero-order valence-corrected chi connectivity index (χ0v) is 10.0. The first-order valence-electron chi connectivity index (χ1n) is 5.32. The molecular formula is C13H16N2O2. The Morgan fingerprint density at radius 2 is 2.12 bits per heavy atom. The van der Waals surface area contributed by atoms with Gasteiger partial charge in [0.2, 0.25) is 0 Å². The maximum absolute atomic E-state index is 11.5. The van der Waals surface area contributed by atoms with Gasteiger partial charge in [0.05, 0.1) is 12.3 Å². The van der Waals surface area contributed by atoms with Gasteiger partial charge in [0.15, 0.2) is 0 Å². The monoisotopic (exact) mass is 232 g/mol. The number of anilines is 1. The van der Waals surface area contributed by atoms with Gasteiger partial charge in [-0.05, 0) is 12.1 Å². The van der Waals surface area contributed by atoms with Gasteiger partial charge in [-0.25, -0.2) is 4.79 Å². The molecule has 1 aromatic carbocycles. The summed E-state index contributed by atoms with van der Waals surface area (Å²) in [5, 5.41) is 11.4. The van der Waals surface area contributed by atoms with Crippen LogP contribution in [0.4, 0.5) is 10.5 Å². The van der Waals surface area contributed by atoms with Crippen LogP contribution >= 0.6 is 0 Å². The van der Waals surface area contributed by atoms with E-state index in [1.165, 1.54) is 4.90 Å². The van der Waals surface area contributed by atoms with E-state index in [2.05, 4.69) is 17.2 Å². The van der Waals surface area contributed by atoms with Gasteiger partial charge < -0.3 is 15.3 Å². The molecule has 1 rings (SSSR count). The van der Waals surface area contributed by atoms with Crippen LogP contribution in [0.3, 0.4) is 0 Å². The molecule has 1 aromatic rings. The topological polar surface area (TPSA) is 52.6 Å². The van der Waals surface area contributed by atoms with Crippen LogP contribution in [0.15, 0.2) is 24.3 Å². The summed E-state index contributed by atoms with van der Waals surface area (Å²) in [5.74, 6) is 5.74. The molecule has 0 aromatic heterocycles. The summed E-state index contributed by atoms with van der Waals surface area (Å²) in [4.78, 5) is 13.0. The van der Waals surface area contributed by atoms with Crippen LogP contribution in [0.5, 0.6) is 0 Å². The predicted molar refractivity (Wildman–Crippen MR) is 67.7 cm³/mol. The van der Waals surface area contributed by atoms with Crippen LogP contribution in [0.2, 0.25) is 0 Å². The molecule has 0 heterocycles. The number of urea groups is 1. The number of carbonyl (C=O) groups excluding carboxylic acids is 1. The Morgan fingerprint density at radius 1 is 1.41 bits per heavy atom. The molecule has 0 unspecified atom stereocenters.